The van der Waals surface area contributed by atoms with E-state index in [1.807, 2.05) is 24.3 Å². The number of nitrogens with one attached hydrogen (secondary N) is 1. The lowest BCUT2D eigenvalue weighted by atomic mass is 10.0. The molecule has 1 heterocycles. The molecule has 0 saturated carbocycles. The second-order valence-corrected chi connectivity index (χ2v) is 10.3. The molecule has 10 heteroatoms. The summed E-state index contributed by atoms with van der Waals surface area (Å²) in [5.41, 5.74) is 2.30. The molecule has 0 aromatic heterocycles. The van der Waals surface area contributed by atoms with Gasteiger partial charge in [-0.2, -0.15) is 5.10 Å². The van der Waals surface area contributed by atoms with E-state index >= 15 is 0 Å². The number of sulfonamides is 1. The van der Waals surface area contributed by atoms with Crippen LogP contribution < -0.4 is 14.5 Å². The Morgan fingerprint density at radius 2 is 1.76 bits per heavy atom. The zero-order valence-electron chi connectivity index (χ0n) is 17.5. The smallest absolute Gasteiger partial charge is 0.242 e. The molecule has 1 aliphatic heterocycles. The number of hydrazone groups is 1. The fourth-order valence-corrected chi connectivity index (χ4v) is 5.60. The van der Waals surface area contributed by atoms with E-state index in [1.165, 1.54) is 12.1 Å². The molecule has 1 N–H and O–H groups in total. The van der Waals surface area contributed by atoms with Crippen LogP contribution in [-0.2, 0) is 10.0 Å². The lowest BCUT2D eigenvalue weighted by molar-refractivity contribution is 0.414. The van der Waals surface area contributed by atoms with E-state index in [4.69, 9.17) is 44.6 Å². The lowest BCUT2D eigenvalue weighted by Crippen LogP contribution is -2.29. The van der Waals surface area contributed by atoms with Gasteiger partial charge >= 0.3 is 0 Å². The van der Waals surface area contributed by atoms with Crippen molar-refractivity contribution in [3.63, 3.8) is 0 Å². The Kier molecular flexibility index (Phi) is 7.16. The topological polar surface area (TPSA) is 71.0 Å². The van der Waals surface area contributed by atoms with Crippen LogP contribution in [0.4, 0.5) is 5.69 Å². The molecule has 0 spiro atoms. The molecule has 0 saturated heterocycles. The fraction of sp³-hybridized carbons (Fsp3) is 0.174. The molecule has 172 valence electrons. The van der Waals surface area contributed by atoms with Gasteiger partial charge in [0.1, 0.15) is 10.6 Å². The molecular formula is C23H20Cl3N3O3S. The van der Waals surface area contributed by atoms with Gasteiger partial charge in [0.05, 0.1) is 41.1 Å². The summed E-state index contributed by atoms with van der Waals surface area (Å²) in [7, 11) is -2.20. The average molecular weight is 525 g/mol. The van der Waals surface area contributed by atoms with Crippen LogP contribution in [-0.4, -0.2) is 27.8 Å². The molecule has 1 unspecified atom stereocenters. The minimum Gasteiger partial charge on any atom is -0.497 e. The molecule has 3 aromatic rings. The Morgan fingerprint density at radius 1 is 1.03 bits per heavy atom. The Balaban J connectivity index is 1.62. The highest BCUT2D eigenvalue weighted by atomic mass is 35.5. The molecule has 4 rings (SSSR count). The first-order valence-electron chi connectivity index (χ1n) is 9.97. The molecular weight excluding hydrogens is 505 g/mol. The zero-order chi connectivity index (χ0) is 23.6. The van der Waals surface area contributed by atoms with Crippen LogP contribution in [0.2, 0.25) is 15.1 Å². The van der Waals surface area contributed by atoms with Gasteiger partial charge in [-0.25, -0.2) is 13.1 Å². The Bertz CT molecular complexity index is 1300. The first-order valence-corrected chi connectivity index (χ1v) is 12.6. The van der Waals surface area contributed by atoms with Crippen molar-refractivity contribution in [1.82, 2.24) is 4.72 Å². The van der Waals surface area contributed by atoms with Gasteiger partial charge in [0.2, 0.25) is 10.0 Å². The number of nitrogens with zero attached hydrogens (tertiary/aromatic N) is 2. The second kappa shape index (κ2) is 9.91. The molecule has 0 amide bonds. The van der Waals surface area contributed by atoms with Crippen molar-refractivity contribution in [3.8, 4) is 5.75 Å². The van der Waals surface area contributed by atoms with E-state index in [-0.39, 0.29) is 22.5 Å². The Morgan fingerprint density at radius 3 is 2.42 bits per heavy atom. The number of ether oxygens (including phenoxy) is 1. The molecule has 6 nitrogen and oxygen atoms in total. The van der Waals surface area contributed by atoms with Crippen LogP contribution in [0.15, 0.2) is 76.7 Å². The molecule has 1 atom stereocenters. The largest absolute Gasteiger partial charge is 0.497 e. The Labute approximate surface area is 207 Å². The predicted octanol–water partition coefficient (Wildman–Crippen LogP) is 5.94. The normalized spacial score (nSPS) is 16.1. The Hall–Kier alpha value is -2.29. The van der Waals surface area contributed by atoms with Gasteiger partial charge in [-0.1, -0.05) is 59.1 Å². The van der Waals surface area contributed by atoms with E-state index < -0.39 is 10.0 Å². The summed E-state index contributed by atoms with van der Waals surface area (Å²) in [6, 6.07) is 18.9. The summed E-state index contributed by atoms with van der Waals surface area (Å²) < 4.78 is 33.4. The molecule has 3 aromatic carbocycles. The van der Waals surface area contributed by atoms with Crippen molar-refractivity contribution in [2.45, 2.75) is 17.4 Å². The summed E-state index contributed by atoms with van der Waals surface area (Å²) in [4.78, 5) is 0.0227. The predicted molar refractivity (Wildman–Crippen MR) is 133 cm³/mol. The third-order valence-electron chi connectivity index (χ3n) is 5.22. The molecule has 1 aliphatic rings. The van der Waals surface area contributed by atoms with Crippen molar-refractivity contribution in [2.24, 2.45) is 5.10 Å². The van der Waals surface area contributed by atoms with Gasteiger partial charge in [-0.15, -0.1) is 0 Å². The van der Waals surface area contributed by atoms with Crippen LogP contribution >= 0.6 is 34.8 Å². The van der Waals surface area contributed by atoms with E-state index in [0.29, 0.717) is 27.9 Å². The van der Waals surface area contributed by atoms with E-state index in [2.05, 4.69) is 4.72 Å². The van der Waals surface area contributed by atoms with E-state index in [1.54, 1.807) is 42.5 Å². The number of anilines is 1. The summed E-state index contributed by atoms with van der Waals surface area (Å²) >= 11 is 18.6. The highest BCUT2D eigenvalue weighted by molar-refractivity contribution is 7.89. The first-order chi connectivity index (χ1) is 15.8. The average Bonchev–Trinajstić information content (AvgIpc) is 3.22. The monoisotopic (exact) mass is 523 g/mol. The standard InChI is InChI=1S/C23H20Cl3N3O3S/c1-32-18-9-6-15(7-10-18)22-13-17(28-29(22)21-11-8-16(24)12-20(21)26)14-27-33(30,31)23-5-3-2-4-19(23)25/h2-12,22,27H,13-14H2,1H3. The number of hydrogen-bond acceptors (Lipinski definition) is 5. The number of methoxy groups -OCH3 is 1. The van der Waals surface area contributed by atoms with Crippen molar-refractivity contribution < 1.29 is 13.2 Å². The number of rotatable bonds is 7. The molecule has 0 fully saturated rings. The molecule has 0 aliphatic carbocycles. The van der Waals surface area contributed by atoms with Crippen molar-refractivity contribution >= 4 is 56.2 Å². The maximum Gasteiger partial charge on any atom is 0.242 e. The van der Waals surface area contributed by atoms with E-state index in [0.717, 1.165) is 11.3 Å². The number of halogens is 3. The first kappa shape index (κ1) is 23.9. The van der Waals surface area contributed by atoms with Gasteiger partial charge in [0, 0.05) is 11.4 Å². The van der Waals surface area contributed by atoms with Crippen molar-refractivity contribution in [1.29, 1.82) is 0 Å². The van der Waals surface area contributed by atoms with Crippen molar-refractivity contribution in [2.75, 3.05) is 18.7 Å². The minimum atomic E-state index is -3.81. The quantitative estimate of drug-likeness (QED) is 0.415. The maximum atomic E-state index is 12.8. The van der Waals surface area contributed by atoms with Crippen LogP contribution in [0.1, 0.15) is 18.0 Å². The number of hydrogen-bond donors (Lipinski definition) is 1. The molecule has 33 heavy (non-hydrogen) atoms. The fourth-order valence-electron chi connectivity index (χ4n) is 3.57. The van der Waals surface area contributed by atoms with Gasteiger partial charge in [0.15, 0.2) is 0 Å². The highest BCUT2D eigenvalue weighted by Crippen LogP contribution is 2.40. The summed E-state index contributed by atoms with van der Waals surface area (Å²) in [6.07, 6.45) is 0.496. The van der Waals surface area contributed by atoms with Crippen LogP contribution in [0.5, 0.6) is 5.75 Å². The summed E-state index contributed by atoms with van der Waals surface area (Å²) in [6.45, 7) is 0.0297. The second-order valence-electron chi connectivity index (χ2n) is 7.35. The number of benzene rings is 3. The van der Waals surface area contributed by atoms with Crippen LogP contribution in [0, 0.1) is 0 Å². The van der Waals surface area contributed by atoms with Gasteiger partial charge in [-0.3, -0.25) is 5.01 Å². The highest BCUT2D eigenvalue weighted by Gasteiger charge is 2.31. The zero-order valence-corrected chi connectivity index (χ0v) is 20.6. The van der Waals surface area contributed by atoms with Gasteiger partial charge in [-0.05, 0) is 48.0 Å². The van der Waals surface area contributed by atoms with Crippen molar-refractivity contribution in [3.05, 3.63) is 87.4 Å². The summed E-state index contributed by atoms with van der Waals surface area (Å²) in [5.74, 6) is 0.737. The van der Waals surface area contributed by atoms with Crippen LogP contribution in [0.25, 0.3) is 0 Å². The van der Waals surface area contributed by atoms with Crippen LogP contribution in [0.3, 0.4) is 0 Å². The minimum absolute atomic E-state index is 0.0227. The maximum absolute atomic E-state index is 12.8. The van der Waals surface area contributed by atoms with E-state index in [9.17, 15) is 8.42 Å². The third kappa shape index (κ3) is 5.28. The SMILES string of the molecule is COc1ccc(C2CC(CNS(=O)(=O)c3ccccc3Cl)=NN2c2ccc(Cl)cc2Cl)cc1. The summed E-state index contributed by atoms with van der Waals surface area (Å²) in [5, 5.41) is 7.61. The lowest BCUT2D eigenvalue weighted by Gasteiger charge is -2.25. The van der Waals surface area contributed by atoms with Gasteiger partial charge in [0.25, 0.3) is 0 Å². The molecule has 0 bridgehead atoms. The third-order valence-corrected chi connectivity index (χ3v) is 7.66. The molecule has 0 radical (unpaired) electrons. The van der Waals surface area contributed by atoms with Gasteiger partial charge < -0.3 is 4.74 Å².